The summed E-state index contributed by atoms with van der Waals surface area (Å²) >= 11 is 1.58. The lowest BCUT2D eigenvalue weighted by molar-refractivity contribution is 0.0321. The summed E-state index contributed by atoms with van der Waals surface area (Å²) in [6.07, 6.45) is -0.381. The molecule has 1 saturated heterocycles. The normalized spacial score (nSPS) is 15.1. The molecule has 0 aliphatic carbocycles. The summed E-state index contributed by atoms with van der Waals surface area (Å²) in [7, 11) is 1.64. The van der Waals surface area contributed by atoms with Gasteiger partial charge >= 0.3 is 6.01 Å². The quantitative estimate of drug-likeness (QED) is 0.465. The molecule has 0 bridgehead atoms. The maximum Gasteiger partial charge on any atom is 0.320 e. The van der Waals surface area contributed by atoms with E-state index in [1.165, 1.54) is 6.07 Å². The molecule has 1 fully saturated rings. The Labute approximate surface area is 202 Å². The van der Waals surface area contributed by atoms with Crippen LogP contribution in [-0.2, 0) is 4.74 Å². The second-order valence-electron chi connectivity index (χ2n) is 7.89. The number of nitrogens with zero attached hydrogens (tertiary/aromatic N) is 4. The van der Waals surface area contributed by atoms with E-state index in [9.17, 15) is 0 Å². The zero-order valence-corrected chi connectivity index (χ0v) is 20.4. The van der Waals surface area contributed by atoms with Crippen molar-refractivity contribution in [3.63, 3.8) is 0 Å². The first-order valence-corrected chi connectivity index (χ1v) is 11.9. The van der Waals surface area contributed by atoms with Gasteiger partial charge in [-0.1, -0.05) is 0 Å². The third-order valence-corrected chi connectivity index (χ3v) is 6.46. The molecule has 3 heterocycles. The number of ether oxygens (including phenoxy) is 4. The molecule has 1 aliphatic rings. The minimum atomic E-state index is -0.381. The zero-order valence-electron chi connectivity index (χ0n) is 19.6. The molecule has 0 amide bonds. The number of thiazole rings is 1. The largest absolute Gasteiger partial charge is 0.493 e. The van der Waals surface area contributed by atoms with Crippen LogP contribution in [0.2, 0.25) is 0 Å². The molecule has 182 valence electrons. The highest BCUT2D eigenvalue weighted by Gasteiger charge is 2.20. The average molecular weight is 487 g/mol. The maximum absolute atomic E-state index is 6.08. The van der Waals surface area contributed by atoms with Crippen LogP contribution in [0.15, 0.2) is 24.3 Å². The Morgan fingerprint density at radius 2 is 1.82 bits per heavy atom. The summed E-state index contributed by atoms with van der Waals surface area (Å²) in [6.45, 7) is 8.69. The monoisotopic (exact) mass is 486 g/mol. The van der Waals surface area contributed by atoms with Gasteiger partial charge in [-0.2, -0.15) is 9.97 Å². The Balaban J connectivity index is 1.48. The molecule has 3 aromatic rings. The first kappa shape index (κ1) is 24.0. The van der Waals surface area contributed by atoms with Crippen molar-refractivity contribution < 1.29 is 18.9 Å². The Bertz CT molecular complexity index is 1100. The number of benzene rings is 1. The van der Waals surface area contributed by atoms with Gasteiger partial charge in [0.15, 0.2) is 11.5 Å². The number of hydrogen-bond donors (Lipinski definition) is 2. The number of nitrogen functional groups attached to an aromatic ring is 2. The number of aryl methyl sites for hydroxylation is 1. The zero-order chi connectivity index (χ0) is 24.1. The van der Waals surface area contributed by atoms with Crippen LogP contribution in [-0.4, -0.2) is 66.4 Å². The summed E-state index contributed by atoms with van der Waals surface area (Å²) in [6, 6.07) is 7.45. The van der Waals surface area contributed by atoms with Crippen molar-refractivity contribution in [3.8, 4) is 28.1 Å². The van der Waals surface area contributed by atoms with Crippen molar-refractivity contribution in [2.45, 2.75) is 20.0 Å². The predicted octanol–water partition coefficient (Wildman–Crippen LogP) is 2.93. The molecule has 34 heavy (non-hydrogen) atoms. The van der Waals surface area contributed by atoms with Crippen molar-refractivity contribution in [2.75, 3.05) is 58.0 Å². The molecular formula is C23H30N6O4S. The smallest absolute Gasteiger partial charge is 0.320 e. The van der Waals surface area contributed by atoms with Gasteiger partial charge in [0.05, 0.1) is 26.0 Å². The van der Waals surface area contributed by atoms with Crippen LogP contribution in [0.5, 0.6) is 17.5 Å². The van der Waals surface area contributed by atoms with Crippen LogP contribution < -0.4 is 25.7 Å². The third kappa shape index (κ3) is 5.85. The van der Waals surface area contributed by atoms with Gasteiger partial charge in [-0.15, -0.1) is 11.3 Å². The standard InChI is InChI=1S/C23H30N6O4S/c1-14(33-23-26-19(24)13-20(25)27-23)21-15(2)34-22(28-21)16-4-5-17(30-3)18(12-16)32-11-8-29-6-9-31-10-7-29/h4-5,12-14H,6-11H2,1-3H3,(H4,24,25,26,27)/t14-/m0/s1. The molecule has 10 nitrogen and oxygen atoms in total. The topological polar surface area (TPSA) is 131 Å². The molecule has 0 radical (unpaired) electrons. The summed E-state index contributed by atoms with van der Waals surface area (Å²) in [4.78, 5) is 16.4. The van der Waals surface area contributed by atoms with Crippen LogP contribution in [0.4, 0.5) is 11.6 Å². The molecule has 1 atom stereocenters. The molecular weight excluding hydrogens is 456 g/mol. The summed E-state index contributed by atoms with van der Waals surface area (Å²) in [5.41, 5.74) is 13.2. The van der Waals surface area contributed by atoms with Crippen molar-refractivity contribution in [3.05, 3.63) is 34.8 Å². The van der Waals surface area contributed by atoms with E-state index in [4.69, 9.17) is 35.4 Å². The van der Waals surface area contributed by atoms with Gasteiger partial charge in [0.25, 0.3) is 0 Å². The first-order valence-electron chi connectivity index (χ1n) is 11.1. The molecule has 0 unspecified atom stereocenters. The number of morpholine rings is 1. The van der Waals surface area contributed by atoms with E-state index in [2.05, 4.69) is 14.9 Å². The Morgan fingerprint density at radius 3 is 2.53 bits per heavy atom. The maximum atomic E-state index is 6.08. The van der Waals surface area contributed by atoms with Crippen molar-refractivity contribution in [1.29, 1.82) is 0 Å². The van der Waals surface area contributed by atoms with Gasteiger partial charge in [0.2, 0.25) is 0 Å². The van der Waals surface area contributed by atoms with Crippen LogP contribution in [0, 0.1) is 6.92 Å². The summed E-state index contributed by atoms with van der Waals surface area (Å²) < 4.78 is 22.9. The van der Waals surface area contributed by atoms with Crippen molar-refractivity contribution >= 4 is 23.0 Å². The lowest BCUT2D eigenvalue weighted by atomic mass is 10.2. The van der Waals surface area contributed by atoms with Gasteiger partial charge in [-0.25, -0.2) is 4.98 Å². The summed E-state index contributed by atoms with van der Waals surface area (Å²) in [5.74, 6) is 1.89. The van der Waals surface area contributed by atoms with Gasteiger partial charge in [-0.05, 0) is 32.0 Å². The average Bonchev–Trinajstić information content (AvgIpc) is 3.21. The summed E-state index contributed by atoms with van der Waals surface area (Å²) in [5, 5.41) is 0.858. The lowest BCUT2D eigenvalue weighted by Gasteiger charge is -2.26. The van der Waals surface area contributed by atoms with Crippen LogP contribution >= 0.6 is 11.3 Å². The molecule has 2 aromatic heterocycles. The number of nitrogens with two attached hydrogens (primary N) is 2. The number of methoxy groups -OCH3 is 1. The Morgan fingerprint density at radius 1 is 1.09 bits per heavy atom. The molecule has 11 heteroatoms. The minimum absolute atomic E-state index is 0.124. The fraction of sp³-hybridized carbons (Fsp3) is 0.435. The number of hydrogen-bond acceptors (Lipinski definition) is 11. The molecule has 1 aliphatic heterocycles. The lowest BCUT2D eigenvalue weighted by Crippen LogP contribution is -2.38. The van der Waals surface area contributed by atoms with E-state index in [-0.39, 0.29) is 23.8 Å². The Hall–Kier alpha value is -3.15. The van der Waals surface area contributed by atoms with Gasteiger partial charge < -0.3 is 30.4 Å². The highest BCUT2D eigenvalue weighted by atomic mass is 32.1. The molecule has 0 saturated carbocycles. The van der Waals surface area contributed by atoms with Gasteiger partial charge in [-0.3, -0.25) is 4.90 Å². The second kappa shape index (κ2) is 10.9. The van der Waals surface area contributed by atoms with Crippen molar-refractivity contribution in [2.24, 2.45) is 0 Å². The second-order valence-corrected chi connectivity index (χ2v) is 9.09. The molecule has 4 rings (SSSR count). The molecule has 0 spiro atoms. The fourth-order valence-electron chi connectivity index (χ4n) is 3.67. The van der Waals surface area contributed by atoms with Crippen molar-refractivity contribution in [1.82, 2.24) is 19.9 Å². The van der Waals surface area contributed by atoms with Crippen LogP contribution in [0.3, 0.4) is 0 Å². The highest BCUT2D eigenvalue weighted by molar-refractivity contribution is 7.15. The van der Waals surface area contributed by atoms with E-state index < -0.39 is 0 Å². The van der Waals surface area contributed by atoms with E-state index in [1.54, 1.807) is 18.4 Å². The first-order chi connectivity index (χ1) is 16.4. The minimum Gasteiger partial charge on any atom is -0.493 e. The van der Waals surface area contributed by atoms with E-state index in [1.807, 2.05) is 32.0 Å². The SMILES string of the molecule is COc1ccc(-c2nc([C@H](C)Oc3nc(N)cc(N)n3)c(C)s2)cc1OCCN1CCOCC1. The fourth-order valence-corrected chi connectivity index (χ4v) is 4.66. The Kier molecular flexibility index (Phi) is 7.66. The van der Waals surface area contributed by atoms with E-state index >= 15 is 0 Å². The van der Waals surface area contributed by atoms with Crippen LogP contribution in [0.1, 0.15) is 23.6 Å². The van der Waals surface area contributed by atoms with Crippen LogP contribution in [0.25, 0.3) is 10.6 Å². The molecule has 4 N–H and O–H groups in total. The number of anilines is 2. The highest BCUT2D eigenvalue weighted by Crippen LogP contribution is 2.36. The number of rotatable bonds is 9. The predicted molar refractivity (Wildman–Crippen MR) is 131 cm³/mol. The van der Waals surface area contributed by atoms with Gasteiger partial charge in [0.1, 0.15) is 29.4 Å². The molecule has 1 aromatic carbocycles. The number of aromatic nitrogens is 3. The van der Waals surface area contributed by atoms with E-state index in [0.29, 0.717) is 18.1 Å². The van der Waals surface area contributed by atoms with E-state index in [0.717, 1.165) is 54.0 Å². The third-order valence-electron chi connectivity index (χ3n) is 5.42. The van der Waals surface area contributed by atoms with Gasteiger partial charge in [0, 0.05) is 36.1 Å².